The van der Waals surface area contributed by atoms with Crippen molar-refractivity contribution in [3.63, 3.8) is 0 Å². The van der Waals surface area contributed by atoms with Crippen LogP contribution >= 0.6 is 0 Å². The van der Waals surface area contributed by atoms with Crippen LogP contribution in [0.2, 0.25) is 0 Å². The average Bonchev–Trinajstić information content (AvgIpc) is 2.60. The first kappa shape index (κ1) is 16.7. The number of carbonyl (C=O) groups excluding carboxylic acids is 1. The van der Waals surface area contributed by atoms with Gasteiger partial charge in [0, 0.05) is 12.1 Å². The van der Waals surface area contributed by atoms with Gasteiger partial charge in [-0.3, -0.25) is 9.78 Å². The van der Waals surface area contributed by atoms with Crippen molar-refractivity contribution in [1.29, 1.82) is 0 Å². The molecule has 1 aromatic carbocycles. The molecule has 0 bridgehead atoms. The molecule has 2 aromatic rings. The number of aryl methyl sites for hydroxylation is 1. The molecule has 3 rings (SSSR count). The second-order valence-corrected chi connectivity index (χ2v) is 6.59. The molecule has 1 saturated carbocycles. The summed E-state index contributed by atoms with van der Waals surface area (Å²) in [6.45, 7) is 2.49. The molecule has 0 aliphatic heterocycles. The lowest BCUT2D eigenvalue weighted by Gasteiger charge is -2.26. The van der Waals surface area contributed by atoms with E-state index in [1.807, 2.05) is 49.4 Å². The maximum absolute atomic E-state index is 12.4. The van der Waals surface area contributed by atoms with Crippen LogP contribution in [0.1, 0.15) is 41.7 Å². The van der Waals surface area contributed by atoms with Gasteiger partial charge in [0.2, 0.25) is 0 Å². The summed E-state index contributed by atoms with van der Waals surface area (Å²) in [5.74, 6) is 0.286. The van der Waals surface area contributed by atoms with Crippen molar-refractivity contribution < 1.29 is 9.90 Å². The van der Waals surface area contributed by atoms with E-state index in [0.717, 1.165) is 42.6 Å². The van der Waals surface area contributed by atoms with Gasteiger partial charge in [0.25, 0.3) is 5.91 Å². The van der Waals surface area contributed by atoms with Crippen molar-refractivity contribution in [3.05, 3.63) is 53.7 Å². The molecule has 2 unspecified atom stereocenters. The van der Waals surface area contributed by atoms with Crippen LogP contribution in [0.3, 0.4) is 0 Å². The SMILES string of the molecule is Cc1nc(-c2ccccc2)ccc1C(=O)NCC1CCCC(O)C1. The van der Waals surface area contributed by atoms with Gasteiger partial charge in [-0.25, -0.2) is 0 Å². The van der Waals surface area contributed by atoms with Crippen molar-refractivity contribution in [2.75, 3.05) is 6.54 Å². The third kappa shape index (κ3) is 4.01. The zero-order valence-electron chi connectivity index (χ0n) is 14.0. The Morgan fingerprint density at radius 1 is 1.21 bits per heavy atom. The number of nitrogens with one attached hydrogen (secondary N) is 1. The molecule has 2 N–H and O–H groups in total. The number of amides is 1. The first-order valence-corrected chi connectivity index (χ1v) is 8.63. The third-order valence-electron chi connectivity index (χ3n) is 4.71. The molecule has 1 heterocycles. The summed E-state index contributed by atoms with van der Waals surface area (Å²) in [6, 6.07) is 13.7. The minimum Gasteiger partial charge on any atom is -0.393 e. The molecule has 2 atom stereocenters. The summed E-state index contributed by atoms with van der Waals surface area (Å²) in [6.07, 6.45) is 3.56. The van der Waals surface area contributed by atoms with E-state index in [9.17, 15) is 9.90 Å². The van der Waals surface area contributed by atoms with Gasteiger partial charge in [-0.2, -0.15) is 0 Å². The number of nitrogens with zero attached hydrogens (tertiary/aromatic N) is 1. The number of hydrogen-bond acceptors (Lipinski definition) is 3. The number of aliphatic hydroxyl groups is 1. The molecular weight excluding hydrogens is 300 g/mol. The van der Waals surface area contributed by atoms with Gasteiger partial charge in [-0.1, -0.05) is 36.8 Å². The van der Waals surface area contributed by atoms with Crippen molar-refractivity contribution in [1.82, 2.24) is 10.3 Å². The van der Waals surface area contributed by atoms with Gasteiger partial charge < -0.3 is 10.4 Å². The summed E-state index contributed by atoms with van der Waals surface area (Å²) in [4.78, 5) is 17.0. The van der Waals surface area contributed by atoms with Gasteiger partial charge in [0.15, 0.2) is 0 Å². The van der Waals surface area contributed by atoms with Crippen molar-refractivity contribution >= 4 is 5.91 Å². The van der Waals surface area contributed by atoms with Crippen LogP contribution in [0.25, 0.3) is 11.3 Å². The Bertz CT molecular complexity index is 700. The quantitative estimate of drug-likeness (QED) is 0.907. The normalized spacial score (nSPS) is 20.6. The molecule has 0 saturated heterocycles. The Hall–Kier alpha value is -2.20. The van der Waals surface area contributed by atoms with Crippen molar-refractivity contribution in [2.24, 2.45) is 5.92 Å². The topological polar surface area (TPSA) is 62.2 Å². The van der Waals surface area contributed by atoms with Gasteiger partial charge in [0.1, 0.15) is 0 Å². The molecule has 0 radical (unpaired) electrons. The van der Waals surface area contributed by atoms with Crippen molar-refractivity contribution in [2.45, 2.75) is 38.7 Å². The standard InChI is InChI=1S/C20H24N2O2/c1-14-18(10-11-19(22-14)16-7-3-2-4-8-16)20(24)21-13-15-6-5-9-17(23)12-15/h2-4,7-8,10-11,15,17,23H,5-6,9,12-13H2,1H3,(H,21,24). The van der Waals surface area contributed by atoms with E-state index in [0.29, 0.717) is 18.0 Å². The Morgan fingerprint density at radius 3 is 2.71 bits per heavy atom. The van der Waals surface area contributed by atoms with Gasteiger partial charge in [-0.15, -0.1) is 0 Å². The smallest absolute Gasteiger partial charge is 0.253 e. The lowest BCUT2D eigenvalue weighted by Crippen LogP contribution is -2.33. The Labute approximate surface area is 142 Å². The third-order valence-corrected chi connectivity index (χ3v) is 4.71. The maximum Gasteiger partial charge on any atom is 0.253 e. The van der Waals surface area contributed by atoms with E-state index < -0.39 is 0 Å². The molecule has 4 nitrogen and oxygen atoms in total. The monoisotopic (exact) mass is 324 g/mol. The van der Waals surface area contributed by atoms with E-state index in [1.165, 1.54) is 0 Å². The number of carbonyl (C=O) groups is 1. The lowest BCUT2D eigenvalue weighted by atomic mass is 9.87. The molecule has 4 heteroatoms. The fraction of sp³-hybridized carbons (Fsp3) is 0.400. The molecular formula is C20H24N2O2. The van der Waals surface area contributed by atoms with Gasteiger partial charge in [-0.05, 0) is 44.2 Å². The predicted octanol–water partition coefficient (Wildman–Crippen LogP) is 3.34. The number of pyridine rings is 1. The maximum atomic E-state index is 12.4. The van der Waals surface area contributed by atoms with E-state index in [-0.39, 0.29) is 12.0 Å². The summed E-state index contributed by atoms with van der Waals surface area (Å²) in [5, 5.41) is 12.7. The zero-order chi connectivity index (χ0) is 16.9. The summed E-state index contributed by atoms with van der Waals surface area (Å²) in [7, 11) is 0. The Morgan fingerprint density at radius 2 is 2.00 bits per heavy atom. The fourth-order valence-electron chi connectivity index (χ4n) is 3.35. The van der Waals surface area contributed by atoms with E-state index in [4.69, 9.17) is 0 Å². The zero-order valence-corrected chi connectivity index (χ0v) is 14.0. The number of aliphatic hydroxyl groups excluding tert-OH is 1. The average molecular weight is 324 g/mol. The van der Waals surface area contributed by atoms with Crippen LogP contribution in [0, 0.1) is 12.8 Å². The fourth-order valence-corrected chi connectivity index (χ4v) is 3.35. The van der Waals surface area contributed by atoms with Crippen LogP contribution in [-0.4, -0.2) is 28.6 Å². The van der Waals surface area contributed by atoms with Gasteiger partial charge >= 0.3 is 0 Å². The molecule has 24 heavy (non-hydrogen) atoms. The highest BCUT2D eigenvalue weighted by Gasteiger charge is 2.21. The molecule has 1 aromatic heterocycles. The van der Waals surface area contributed by atoms with E-state index in [2.05, 4.69) is 10.3 Å². The highest BCUT2D eigenvalue weighted by Crippen LogP contribution is 2.24. The highest BCUT2D eigenvalue weighted by atomic mass is 16.3. The molecule has 126 valence electrons. The lowest BCUT2D eigenvalue weighted by molar-refractivity contribution is 0.0873. The Kier molecular flexibility index (Phi) is 5.26. The number of benzene rings is 1. The largest absolute Gasteiger partial charge is 0.393 e. The van der Waals surface area contributed by atoms with Crippen LogP contribution in [-0.2, 0) is 0 Å². The van der Waals surface area contributed by atoms with Crippen LogP contribution in [0.4, 0.5) is 0 Å². The molecule has 1 aliphatic rings. The molecule has 1 aliphatic carbocycles. The molecule has 1 amide bonds. The van der Waals surface area contributed by atoms with Crippen LogP contribution in [0.5, 0.6) is 0 Å². The van der Waals surface area contributed by atoms with E-state index >= 15 is 0 Å². The van der Waals surface area contributed by atoms with Crippen LogP contribution in [0.15, 0.2) is 42.5 Å². The minimum absolute atomic E-state index is 0.0836. The van der Waals surface area contributed by atoms with Crippen LogP contribution < -0.4 is 5.32 Å². The van der Waals surface area contributed by atoms with Gasteiger partial charge in [0.05, 0.1) is 23.1 Å². The van der Waals surface area contributed by atoms with Crippen molar-refractivity contribution in [3.8, 4) is 11.3 Å². The summed E-state index contributed by atoms with van der Waals surface area (Å²) in [5.41, 5.74) is 3.27. The minimum atomic E-state index is -0.214. The molecule has 1 fully saturated rings. The second kappa shape index (κ2) is 7.58. The first-order chi connectivity index (χ1) is 11.6. The number of rotatable bonds is 4. The summed E-state index contributed by atoms with van der Waals surface area (Å²) >= 11 is 0. The summed E-state index contributed by atoms with van der Waals surface area (Å²) < 4.78 is 0. The molecule has 0 spiro atoms. The Balaban J connectivity index is 1.65. The highest BCUT2D eigenvalue weighted by molar-refractivity contribution is 5.95. The predicted molar refractivity (Wildman–Crippen MR) is 94.7 cm³/mol. The second-order valence-electron chi connectivity index (χ2n) is 6.59. The van der Waals surface area contributed by atoms with E-state index in [1.54, 1.807) is 0 Å². The number of aromatic nitrogens is 1. The first-order valence-electron chi connectivity index (χ1n) is 8.63. The number of hydrogen-bond donors (Lipinski definition) is 2.